The molecule has 0 aliphatic heterocycles. The number of aromatic nitrogens is 1. The van der Waals surface area contributed by atoms with E-state index >= 15 is 0 Å². The van der Waals surface area contributed by atoms with Crippen molar-refractivity contribution in [1.29, 1.82) is 0 Å². The topological polar surface area (TPSA) is 82.5 Å². The fourth-order valence-corrected chi connectivity index (χ4v) is 1.17. The van der Waals surface area contributed by atoms with Crippen LogP contribution < -0.4 is 5.32 Å². The van der Waals surface area contributed by atoms with Crippen molar-refractivity contribution >= 4 is 11.7 Å². The van der Waals surface area contributed by atoms with Crippen molar-refractivity contribution in [3.05, 3.63) is 24.0 Å². The maximum Gasteiger partial charge on any atom is 0.337 e. The molecule has 16 heavy (non-hydrogen) atoms. The van der Waals surface area contributed by atoms with E-state index in [1.807, 2.05) is 13.8 Å². The van der Waals surface area contributed by atoms with Crippen LogP contribution in [0.15, 0.2) is 18.5 Å². The van der Waals surface area contributed by atoms with Gasteiger partial charge in [-0.2, -0.15) is 0 Å². The lowest BCUT2D eigenvalue weighted by Crippen LogP contribution is -2.25. The molecule has 1 atom stereocenters. The van der Waals surface area contributed by atoms with Crippen LogP contribution in [0.2, 0.25) is 0 Å². The first-order chi connectivity index (χ1) is 7.52. The number of aliphatic hydroxyl groups is 1. The molecule has 0 saturated carbocycles. The minimum Gasteiger partial charge on any atom is -0.478 e. The molecule has 0 aliphatic carbocycles. The average molecular weight is 224 g/mol. The number of carbonyl (C=O) groups is 1. The Morgan fingerprint density at radius 3 is 2.81 bits per heavy atom. The molecule has 1 aromatic heterocycles. The number of hydrogen-bond donors (Lipinski definition) is 3. The number of anilines is 1. The molecular formula is C11H16N2O3. The molecule has 1 aromatic rings. The number of carboxylic acids is 1. The van der Waals surface area contributed by atoms with E-state index in [2.05, 4.69) is 10.3 Å². The lowest BCUT2D eigenvalue weighted by molar-refractivity contribution is 0.0697. The zero-order chi connectivity index (χ0) is 12.1. The molecule has 0 radical (unpaired) electrons. The fraction of sp³-hybridized carbons (Fsp3) is 0.455. The number of nitrogens with one attached hydrogen (secondary N) is 1. The van der Waals surface area contributed by atoms with Gasteiger partial charge in [-0.3, -0.25) is 4.98 Å². The second kappa shape index (κ2) is 5.46. The number of pyridine rings is 1. The van der Waals surface area contributed by atoms with Crippen LogP contribution in [0.5, 0.6) is 0 Å². The SMILES string of the molecule is CC(C)C(O)CNc1cnccc1C(=O)O. The molecule has 5 heteroatoms. The molecule has 5 nitrogen and oxygen atoms in total. The lowest BCUT2D eigenvalue weighted by atomic mass is 10.1. The van der Waals surface area contributed by atoms with E-state index < -0.39 is 12.1 Å². The van der Waals surface area contributed by atoms with Crippen molar-refractivity contribution in [3.8, 4) is 0 Å². The number of nitrogens with zero attached hydrogens (tertiary/aromatic N) is 1. The van der Waals surface area contributed by atoms with E-state index in [-0.39, 0.29) is 11.5 Å². The first kappa shape index (κ1) is 12.4. The van der Waals surface area contributed by atoms with Crippen LogP contribution in [-0.4, -0.2) is 33.8 Å². The van der Waals surface area contributed by atoms with Gasteiger partial charge in [-0.25, -0.2) is 4.79 Å². The monoisotopic (exact) mass is 224 g/mol. The van der Waals surface area contributed by atoms with Gasteiger partial charge in [0.1, 0.15) is 0 Å². The molecule has 0 spiro atoms. The van der Waals surface area contributed by atoms with Gasteiger partial charge >= 0.3 is 5.97 Å². The van der Waals surface area contributed by atoms with Crippen molar-refractivity contribution < 1.29 is 15.0 Å². The maximum atomic E-state index is 10.9. The third-order valence-corrected chi connectivity index (χ3v) is 2.32. The number of aliphatic hydroxyl groups excluding tert-OH is 1. The minimum absolute atomic E-state index is 0.123. The molecule has 0 amide bonds. The Morgan fingerprint density at radius 2 is 2.25 bits per heavy atom. The van der Waals surface area contributed by atoms with Crippen molar-refractivity contribution in [1.82, 2.24) is 4.98 Å². The number of rotatable bonds is 5. The number of aromatic carboxylic acids is 1. The standard InChI is InChI=1S/C11H16N2O3/c1-7(2)10(14)6-13-9-5-12-4-3-8(9)11(15)16/h3-5,7,10,13-14H,6H2,1-2H3,(H,15,16). The Bertz CT molecular complexity index is 366. The highest BCUT2D eigenvalue weighted by Crippen LogP contribution is 2.13. The van der Waals surface area contributed by atoms with Gasteiger partial charge in [0.15, 0.2) is 0 Å². The predicted molar refractivity (Wildman–Crippen MR) is 60.5 cm³/mol. The highest BCUT2D eigenvalue weighted by molar-refractivity contribution is 5.93. The Hall–Kier alpha value is -1.62. The van der Waals surface area contributed by atoms with Crippen LogP contribution >= 0.6 is 0 Å². The molecule has 0 fully saturated rings. The van der Waals surface area contributed by atoms with Gasteiger partial charge < -0.3 is 15.5 Å². The summed E-state index contributed by atoms with van der Waals surface area (Å²) in [4.78, 5) is 14.7. The lowest BCUT2D eigenvalue weighted by Gasteiger charge is -2.16. The van der Waals surface area contributed by atoms with E-state index in [1.54, 1.807) is 0 Å². The minimum atomic E-state index is -1.01. The summed E-state index contributed by atoms with van der Waals surface area (Å²) in [7, 11) is 0. The second-order valence-corrected chi connectivity index (χ2v) is 3.92. The molecule has 1 unspecified atom stereocenters. The van der Waals surface area contributed by atoms with Gasteiger partial charge in [-0.05, 0) is 12.0 Å². The molecule has 1 rings (SSSR count). The summed E-state index contributed by atoms with van der Waals surface area (Å²) in [5.74, 6) is -0.888. The van der Waals surface area contributed by atoms with Crippen LogP contribution in [0.25, 0.3) is 0 Å². The smallest absolute Gasteiger partial charge is 0.337 e. The Kier molecular flexibility index (Phi) is 4.25. The van der Waals surface area contributed by atoms with Crippen molar-refractivity contribution in [2.45, 2.75) is 20.0 Å². The van der Waals surface area contributed by atoms with Gasteiger partial charge in [0.25, 0.3) is 0 Å². The summed E-state index contributed by atoms with van der Waals surface area (Å²) in [5, 5.41) is 21.4. The first-order valence-electron chi connectivity index (χ1n) is 5.11. The summed E-state index contributed by atoms with van der Waals surface area (Å²) >= 11 is 0. The molecule has 0 aromatic carbocycles. The molecule has 3 N–H and O–H groups in total. The zero-order valence-corrected chi connectivity index (χ0v) is 9.34. The highest BCUT2D eigenvalue weighted by Gasteiger charge is 2.12. The van der Waals surface area contributed by atoms with E-state index in [4.69, 9.17) is 5.11 Å². The Morgan fingerprint density at radius 1 is 1.56 bits per heavy atom. The summed E-state index contributed by atoms with van der Waals surface area (Å²) < 4.78 is 0. The Labute approximate surface area is 94.1 Å². The van der Waals surface area contributed by atoms with Gasteiger partial charge in [-0.1, -0.05) is 13.8 Å². The van der Waals surface area contributed by atoms with Crippen LogP contribution in [-0.2, 0) is 0 Å². The average Bonchev–Trinajstić information content (AvgIpc) is 2.25. The zero-order valence-electron chi connectivity index (χ0n) is 9.34. The van der Waals surface area contributed by atoms with Crippen LogP contribution in [0, 0.1) is 5.92 Å². The fourth-order valence-electron chi connectivity index (χ4n) is 1.17. The van der Waals surface area contributed by atoms with Gasteiger partial charge in [0.05, 0.1) is 23.6 Å². The number of carboxylic acid groups (broad SMARTS) is 1. The van der Waals surface area contributed by atoms with E-state index in [9.17, 15) is 9.90 Å². The van der Waals surface area contributed by atoms with E-state index in [0.29, 0.717) is 12.2 Å². The largest absolute Gasteiger partial charge is 0.478 e. The quantitative estimate of drug-likeness (QED) is 0.700. The van der Waals surface area contributed by atoms with Gasteiger partial charge in [0.2, 0.25) is 0 Å². The van der Waals surface area contributed by atoms with Crippen LogP contribution in [0.3, 0.4) is 0 Å². The normalized spacial score (nSPS) is 12.5. The molecule has 88 valence electrons. The van der Waals surface area contributed by atoms with Crippen molar-refractivity contribution in [3.63, 3.8) is 0 Å². The summed E-state index contributed by atoms with van der Waals surface area (Å²) in [6, 6.07) is 1.42. The second-order valence-electron chi connectivity index (χ2n) is 3.92. The molecular weight excluding hydrogens is 208 g/mol. The molecule has 0 aliphatic rings. The number of hydrogen-bond acceptors (Lipinski definition) is 4. The molecule has 0 bridgehead atoms. The summed E-state index contributed by atoms with van der Waals surface area (Å²) in [6.45, 7) is 4.10. The predicted octanol–water partition coefficient (Wildman–Crippen LogP) is 1.21. The molecule has 0 saturated heterocycles. The van der Waals surface area contributed by atoms with Crippen molar-refractivity contribution in [2.24, 2.45) is 5.92 Å². The Balaban J connectivity index is 2.70. The van der Waals surface area contributed by atoms with Crippen LogP contribution in [0.1, 0.15) is 24.2 Å². The summed E-state index contributed by atoms with van der Waals surface area (Å²) in [5.41, 5.74) is 0.584. The summed E-state index contributed by atoms with van der Waals surface area (Å²) in [6.07, 6.45) is 2.35. The first-order valence-corrected chi connectivity index (χ1v) is 5.11. The highest BCUT2D eigenvalue weighted by atomic mass is 16.4. The van der Waals surface area contributed by atoms with E-state index in [1.165, 1.54) is 18.5 Å². The van der Waals surface area contributed by atoms with Gasteiger partial charge in [0, 0.05) is 12.7 Å². The molecule has 1 heterocycles. The van der Waals surface area contributed by atoms with Crippen LogP contribution in [0.4, 0.5) is 5.69 Å². The van der Waals surface area contributed by atoms with Crippen molar-refractivity contribution in [2.75, 3.05) is 11.9 Å². The third-order valence-electron chi connectivity index (χ3n) is 2.32. The van der Waals surface area contributed by atoms with Gasteiger partial charge in [-0.15, -0.1) is 0 Å². The maximum absolute atomic E-state index is 10.9. The third kappa shape index (κ3) is 3.20. The van der Waals surface area contributed by atoms with E-state index in [0.717, 1.165) is 0 Å².